The van der Waals surface area contributed by atoms with Crippen molar-refractivity contribution >= 4 is 17.6 Å². The second-order valence-corrected chi connectivity index (χ2v) is 2.69. The van der Waals surface area contributed by atoms with Crippen LogP contribution in [0.2, 0.25) is 0 Å². The van der Waals surface area contributed by atoms with E-state index in [4.69, 9.17) is 31.9 Å². The van der Waals surface area contributed by atoms with Gasteiger partial charge in [-0.3, -0.25) is 11.5 Å². The largest absolute Gasteiger partial charge is 0.478 e. The molecule has 0 spiro atoms. The third-order valence-electron chi connectivity index (χ3n) is 1.42. The minimum absolute atomic E-state index is 0.0723. The van der Waals surface area contributed by atoms with Crippen molar-refractivity contribution in [1.82, 2.24) is 0 Å². The van der Waals surface area contributed by atoms with Crippen LogP contribution in [0.15, 0.2) is 24.3 Å². The predicted molar refractivity (Wildman–Crippen MR) is 57.8 cm³/mol. The van der Waals surface area contributed by atoms with Crippen LogP contribution in [0.4, 0.5) is 5.69 Å². The van der Waals surface area contributed by atoms with Gasteiger partial charge in [0.2, 0.25) is 0 Å². The van der Waals surface area contributed by atoms with Gasteiger partial charge in [0.15, 0.2) is 0 Å². The molecule has 1 rings (SSSR count). The zero-order chi connectivity index (χ0) is 13.4. The van der Waals surface area contributed by atoms with Gasteiger partial charge >= 0.3 is 11.9 Å². The highest BCUT2D eigenvalue weighted by Crippen LogP contribution is 2.03. The maximum Gasteiger partial charge on any atom is 0.343 e. The Hall–Kier alpha value is -2.84. The number of guanidine groups is 1. The third-order valence-corrected chi connectivity index (χ3v) is 1.42. The zero-order valence-electron chi connectivity index (χ0n) is 8.49. The fourth-order valence-electron chi connectivity index (χ4n) is 0.863. The molecule has 9 nitrogen and oxygen atoms in total. The molecule has 0 fully saturated rings. The molecular formula is C8H10N4O5. The van der Waals surface area contributed by atoms with Crippen molar-refractivity contribution in [3.05, 3.63) is 45.2 Å². The molecule has 0 amide bonds. The first-order chi connectivity index (χ1) is 7.82. The molecule has 0 heterocycles. The lowest BCUT2D eigenvalue weighted by Crippen LogP contribution is -2.72. The number of benzene rings is 1. The first-order valence-electron chi connectivity index (χ1n) is 4.12. The molecule has 0 aliphatic rings. The van der Waals surface area contributed by atoms with E-state index in [0.29, 0.717) is 5.69 Å². The van der Waals surface area contributed by atoms with Gasteiger partial charge < -0.3 is 20.4 Å². The van der Waals surface area contributed by atoms with Gasteiger partial charge in [0.05, 0.1) is 16.3 Å². The molecule has 0 unspecified atom stereocenters. The van der Waals surface area contributed by atoms with Gasteiger partial charge in [-0.05, 0) is 24.3 Å². The van der Waals surface area contributed by atoms with Gasteiger partial charge in [0, 0.05) is 0 Å². The number of rotatable bonds is 2. The summed E-state index contributed by atoms with van der Waals surface area (Å²) in [7, 11) is 0. The molecule has 6 N–H and O–H groups in total. The minimum atomic E-state index is -1.75. The average molecular weight is 242 g/mol. The van der Waals surface area contributed by atoms with Gasteiger partial charge in [-0.1, -0.05) is 0 Å². The summed E-state index contributed by atoms with van der Waals surface area (Å²) < 4.78 is 0. The molecule has 0 aliphatic heterocycles. The maximum absolute atomic E-state index is 10.5. The zero-order valence-corrected chi connectivity index (χ0v) is 8.49. The molecule has 17 heavy (non-hydrogen) atoms. The summed E-state index contributed by atoms with van der Waals surface area (Å²) in [6.45, 7) is 0. The highest BCUT2D eigenvalue weighted by Gasteiger charge is 2.01. The quantitative estimate of drug-likeness (QED) is 0.203. The molecule has 0 atom stereocenters. The molecule has 0 bridgehead atoms. The fraction of sp³-hybridized carbons (Fsp3) is 0. The molecule has 0 saturated carbocycles. The molecule has 0 aromatic heterocycles. The second-order valence-electron chi connectivity index (χ2n) is 2.69. The number of hydrogen-bond acceptors (Lipinski definition) is 4. The van der Waals surface area contributed by atoms with E-state index in [-0.39, 0.29) is 11.5 Å². The molecule has 0 radical (unpaired) electrons. The van der Waals surface area contributed by atoms with Crippen LogP contribution in [-0.4, -0.2) is 22.1 Å². The normalized spacial score (nSPS) is 8.47. The van der Waals surface area contributed by atoms with E-state index in [9.17, 15) is 4.79 Å². The van der Waals surface area contributed by atoms with E-state index in [1.165, 1.54) is 12.1 Å². The number of hydrogen-bond donors (Lipinski definition) is 4. The van der Waals surface area contributed by atoms with Crippen molar-refractivity contribution < 1.29 is 20.0 Å². The van der Waals surface area contributed by atoms with Crippen LogP contribution >= 0.6 is 0 Å². The van der Waals surface area contributed by atoms with Crippen molar-refractivity contribution in [2.24, 2.45) is 11.5 Å². The first kappa shape index (κ1) is 14.2. The van der Waals surface area contributed by atoms with E-state index >= 15 is 0 Å². The SMILES string of the molecule is NC(N)=[NH+]c1ccc(C(=O)O)cc1.O=[N+]([O-])[O-]. The second kappa shape index (κ2) is 6.61. The van der Waals surface area contributed by atoms with Gasteiger partial charge in [-0.2, -0.15) is 0 Å². The minimum Gasteiger partial charge on any atom is -0.478 e. The highest BCUT2D eigenvalue weighted by molar-refractivity contribution is 5.87. The number of nitrogens with two attached hydrogens (primary N) is 2. The number of nitrogens with zero attached hydrogens (tertiary/aromatic N) is 1. The standard InChI is InChI=1S/C8H9N3O2.NO3/c9-8(10)11-6-3-1-5(2-4-6)7(12)13;2-1(3)4/h1-4H,(H,12,13)(H4,9,10,11);/q;-1/p+1. The molecule has 1 aromatic carbocycles. The van der Waals surface area contributed by atoms with Crippen LogP contribution in [0.3, 0.4) is 0 Å². The molecular weight excluding hydrogens is 232 g/mol. The number of carbonyl (C=O) groups is 1. The van der Waals surface area contributed by atoms with Crippen LogP contribution in [0, 0.1) is 15.3 Å². The Morgan fingerprint density at radius 1 is 1.24 bits per heavy atom. The van der Waals surface area contributed by atoms with Gasteiger partial charge in [0.1, 0.15) is 0 Å². The van der Waals surface area contributed by atoms with E-state index < -0.39 is 11.1 Å². The molecule has 1 aromatic rings. The van der Waals surface area contributed by atoms with Crippen LogP contribution in [0.25, 0.3) is 0 Å². The fourth-order valence-corrected chi connectivity index (χ4v) is 0.863. The van der Waals surface area contributed by atoms with E-state index in [1.807, 2.05) is 0 Å². The topological polar surface area (TPSA) is 170 Å². The molecule has 0 saturated heterocycles. The summed E-state index contributed by atoms with van der Waals surface area (Å²) in [5.41, 5.74) is 11.3. The Labute approximate surface area is 95.1 Å². The van der Waals surface area contributed by atoms with Crippen molar-refractivity contribution in [3.8, 4) is 0 Å². The summed E-state index contributed by atoms with van der Waals surface area (Å²) in [6, 6.07) is 6.10. The Morgan fingerprint density at radius 3 is 1.94 bits per heavy atom. The lowest BCUT2D eigenvalue weighted by atomic mass is 10.2. The van der Waals surface area contributed by atoms with E-state index in [0.717, 1.165) is 0 Å². The van der Waals surface area contributed by atoms with E-state index in [1.54, 1.807) is 12.1 Å². The maximum atomic E-state index is 10.5. The van der Waals surface area contributed by atoms with Crippen LogP contribution < -0.4 is 16.5 Å². The van der Waals surface area contributed by atoms with Crippen molar-refractivity contribution in [2.75, 3.05) is 0 Å². The number of aromatic carboxylic acids is 1. The Balaban J connectivity index is 0.000000557. The van der Waals surface area contributed by atoms with Crippen molar-refractivity contribution in [2.45, 2.75) is 0 Å². The summed E-state index contributed by atoms with van der Waals surface area (Å²) >= 11 is 0. The molecule has 9 heteroatoms. The number of nitrogens with one attached hydrogen (secondary N) is 1. The lowest BCUT2D eigenvalue weighted by molar-refractivity contribution is -0.402. The van der Waals surface area contributed by atoms with Crippen LogP contribution in [-0.2, 0) is 0 Å². The highest BCUT2D eigenvalue weighted by atomic mass is 16.9. The van der Waals surface area contributed by atoms with Gasteiger partial charge in [-0.25, -0.2) is 9.79 Å². The smallest absolute Gasteiger partial charge is 0.343 e. The summed E-state index contributed by atoms with van der Waals surface area (Å²) in [5.74, 6) is -0.890. The van der Waals surface area contributed by atoms with Crippen LogP contribution in [0.1, 0.15) is 10.4 Å². The molecule has 92 valence electrons. The van der Waals surface area contributed by atoms with Gasteiger partial charge in [-0.15, -0.1) is 0 Å². The predicted octanol–water partition coefficient (Wildman–Crippen LogP) is -1.87. The monoisotopic (exact) mass is 242 g/mol. The van der Waals surface area contributed by atoms with Crippen LogP contribution in [0.5, 0.6) is 0 Å². The third kappa shape index (κ3) is 7.13. The lowest BCUT2D eigenvalue weighted by Gasteiger charge is -1.94. The Kier molecular flexibility index (Phi) is 5.50. The number of carboxylic acid groups (broad SMARTS) is 1. The first-order valence-corrected chi connectivity index (χ1v) is 4.12. The summed E-state index contributed by atoms with van der Waals surface area (Å²) in [5, 5.41) is 23.3. The van der Waals surface area contributed by atoms with Crippen molar-refractivity contribution in [1.29, 1.82) is 0 Å². The van der Waals surface area contributed by atoms with Crippen molar-refractivity contribution in [3.63, 3.8) is 0 Å². The van der Waals surface area contributed by atoms with Gasteiger partial charge in [0.25, 0.3) is 0 Å². The Morgan fingerprint density at radius 2 is 1.65 bits per heavy atom. The molecule has 0 aliphatic carbocycles. The number of carboxylic acids is 1. The summed E-state index contributed by atoms with van der Waals surface area (Å²) in [4.78, 5) is 21.4. The Bertz CT molecular complexity index is 420. The van der Waals surface area contributed by atoms with E-state index in [2.05, 4.69) is 4.99 Å². The average Bonchev–Trinajstić information content (AvgIpc) is 2.16. The summed E-state index contributed by atoms with van der Waals surface area (Å²) in [6.07, 6.45) is 0.